The summed E-state index contributed by atoms with van der Waals surface area (Å²) in [6, 6.07) is 6.59. The Labute approximate surface area is 119 Å². The summed E-state index contributed by atoms with van der Waals surface area (Å²) in [4.78, 5) is 2.53. The first kappa shape index (κ1) is 13.9. The summed E-state index contributed by atoms with van der Waals surface area (Å²) in [5.74, 6) is 0.805. The zero-order chi connectivity index (χ0) is 13.0. The highest BCUT2D eigenvalue weighted by molar-refractivity contribution is 9.10. The molecule has 3 heteroatoms. The molecule has 0 saturated carbocycles. The van der Waals surface area contributed by atoms with Crippen molar-refractivity contribution in [2.75, 3.05) is 31.1 Å². The second kappa shape index (κ2) is 6.58. The average Bonchev–Trinajstić information content (AvgIpc) is 2.78. The predicted molar refractivity (Wildman–Crippen MR) is 82.4 cm³/mol. The quantitative estimate of drug-likeness (QED) is 0.836. The Balaban J connectivity index is 1.91. The van der Waals surface area contributed by atoms with E-state index in [4.69, 9.17) is 0 Å². The molecule has 2 rings (SSSR count). The van der Waals surface area contributed by atoms with E-state index in [1.165, 1.54) is 48.2 Å². The molecule has 1 aromatic carbocycles. The highest BCUT2D eigenvalue weighted by atomic mass is 79.9. The predicted octanol–water partition coefficient (Wildman–Crippen LogP) is 3.58. The van der Waals surface area contributed by atoms with E-state index < -0.39 is 0 Å². The van der Waals surface area contributed by atoms with Gasteiger partial charge in [0.2, 0.25) is 0 Å². The molecule has 1 aromatic rings. The van der Waals surface area contributed by atoms with Crippen LogP contribution in [0.3, 0.4) is 0 Å². The molecule has 0 amide bonds. The molecule has 1 fully saturated rings. The summed E-state index contributed by atoms with van der Waals surface area (Å²) in [7, 11) is 0. The SMILES string of the molecule is CCCNCC1CCN(c2ccc(Br)cc2C)C1. The molecule has 0 radical (unpaired) electrons. The van der Waals surface area contributed by atoms with Gasteiger partial charge in [-0.3, -0.25) is 0 Å². The maximum atomic E-state index is 3.54. The van der Waals surface area contributed by atoms with Crippen LogP contribution in [-0.4, -0.2) is 26.2 Å². The highest BCUT2D eigenvalue weighted by Gasteiger charge is 2.23. The maximum Gasteiger partial charge on any atom is 0.0396 e. The van der Waals surface area contributed by atoms with Gasteiger partial charge >= 0.3 is 0 Å². The first-order chi connectivity index (χ1) is 8.70. The molecule has 1 aliphatic heterocycles. The fraction of sp³-hybridized carbons (Fsp3) is 0.600. The van der Waals surface area contributed by atoms with Gasteiger partial charge in [0.1, 0.15) is 0 Å². The summed E-state index contributed by atoms with van der Waals surface area (Å²) in [6.07, 6.45) is 2.54. The normalized spacial score (nSPS) is 19.5. The molecule has 0 aliphatic carbocycles. The molecule has 18 heavy (non-hydrogen) atoms. The Hall–Kier alpha value is -0.540. The second-order valence-electron chi connectivity index (χ2n) is 5.24. The maximum absolute atomic E-state index is 3.54. The monoisotopic (exact) mass is 310 g/mol. The van der Waals surface area contributed by atoms with Crippen molar-refractivity contribution in [1.29, 1.82) is 0 Å². The summed E-state index contributed by atoms with van der Waals surface area (Å²) in [6.45, 7) is 9.12. The van der Waals surface area contributed by atoms with E-state index in [0.717, 1.165) is 12.5 Å². The minimum atomic E-state index is 0.805. The van der Waals surface area contributed by atoms with E-state index in [2.05, 4.69) is 58.2 Å². The third kappa shape index (κ3) is 3.48. The van der Waals surface area contributed by atoms with Crippen LogP contribution in [0.5, 0.6) is 0 Å². The number of hydrogen-bond acceptors (Lipinski definition) is 2. The van der Waals surface area contributed by atoms with Gasteiger partial charge in [-0.1, -0.05) is 22.9 Å². The molecule has 1 unspecified atom stereocenters. The third-order valence-electron chi connectivity index (χ3n) is 3.65. The lowest BCUT2D eigenvalue weighted by molar-refractivity contribution is 0.516. The average molecular weight is 311 g/mol. The number of nitrogens with one attached hydrogen (secondary N) is 1. The molecular weight excluding hydrogens is 288 g/mol. The number of benzene rings is 1. The lowest BCUT2D eigenvalue weighted by Crippen LogP contribution is -2.27. The van der Waals surface area contributed by atoms with Gasteiger partial charge in [-0.25, -0.2) is 0 Å². The molecule has 0 aromatic heterocycles. The minimum Gasteiger partial charge on any atom is -0.371 e. The molecular formula is C15H23BrN2. The number of anilines is 1. The number of aryl methyl sites for hydroxylation is 1. The Morgan fingerprint density at radius 1 is 1.44 bits per heavy atom. The van der Waals surface area contributed by atoms with Gasteiger partial charge in [0.15, 0.2) is 0 Å². The van der Waals surface area contributed by atoms with Crippen molar-refractivity contribution in [3.63, 3.8) is 0 Å². The molecule has 1 N–H and O–H groups in total. The summed E-state index contributed by atoms with van der Waals surface area (Å²) < 4.78 is 1.17. The van der Waals surface area contributed by atoms with Gasteiger partial charge in [-0.2, -0.15) is 0 Å². The topological polar surface area (TPSA) is 15.3 Å². The lowest BCUT2D eigenvalue weighted by atomic mass is 10.1. The summed E-state index contributed by atoms with van der Waals surface area (Å²) in [5.41, 5.74) is 2.77. The fourth-order valence-electron chi connectivity index (χ4n) is 2.67. The Morgan fingerprint density at radius 2 is 2.28 bits per heavy atom. The van der Waals surface area contributed by atoms with Crippen LogP contribution in [0.4, 0.5) is 5.69 Å². The number of nitrogens with zero attached hydrogens (tertiary/aromatic N) is 1. The van der Waals surface area contributed by atoms with E-state index in [9.17, 15) is 0 Å². The molecule has 100 valence electrons. The Kier molecular flexibility index (Phi) is 5.07. The van der Waals surface area contributed by atoms with Crippen LogP contribution < -0.4 is 10.2 Å². The fourth-order valence-corrected chi connectivity index (χ4v) is 3.15. The van der Waals surface area contributed by atoms with Gasteiger partial charge in [0.25, 0.3) is 0 Å². The van der Waals surface area contributed by atoms with Crippen LogP contribution >= 0.6 is 15.9 Å². The second-order valence-corrected chi connectivity index (χ2v) is 6.15. The van der Waals surface area contributed by atoms with Crippen molar-refractivity contribution in [1.82, 2.24) is 5.32 Å². The Bertz CT molecular complexity index is 392. The lowest BCUT2D eigenvalue weighted by Gasteiger charge is -2.21. The van der Waals surface area contributed by atoms with Crippen molar-refractivity contribution in [2.45, 2.75) is 26.7 Å². The first-order valence-electron chi connectivity index (χ1n) is 6.92. The van der Waals surface area contributed by atoms with Crippen molar-refractivity contribution in [3.8, 4) is 0 Å². The number of halogens is 1. The highest BCUT2D eigenvalue weighted by Crippen LogP contribution is 2.28. The van der Waals surface area contributed by atoms with Crippen molar-refractivity contribution in [3.05, 3.63) is 28.2 Å². The van der Waals surface area contributed by atoms with Crippen LogP contribution in [-0.2, 0) is 0 Å². The summed E-state index contributed by atoms with van der Waals surface area (Å²) >= 11 is 3.53. The van der Waals surface area contributed by atoms with Crippen molar-refractivity contribution < 1.29 is 0 Å². The van der Waals surface area contributed by atoms with E-state index in [0.29, 0.717) is 0 Å². The van der Waals surface area contributed by atoms with Crippen LogP contribution in [0.1, 0.15) is 25.3 Å². The molecule has 1 saturated heterocycles. The molecule has 0 bridgehead atoms. The largest absolute Gasteiger partial charge is 0.371 e. The van der Waals surface area contributed by atoms with Crippen LogP contribution in [0, 0.1) is 12.8 Å². The molecule has 1 aliphatic rings. The van der Waals surface area contributed by atoms with Crippen LogP contribution in [0.15, 0.2) is 22.7 Å². The third-order valence-corrected chi connectivity index (χ3v) is 4.14. The Morgan fingerprint density at radius 3 is 3.00 bits per heavy atom. The molecule has 1 atom stereocenters. The molecule has 2 nitrogen and oxygen atoms in total. The standard InChI is InChI=1S/C15H23BrN2/c1-3-7-17-10-13-6-8-18(11-13)15-5-4-14(16)9-12(15)2/h4-5,9,13,17H,3,6-8,10-11H2,1-2H3. The van der Waals surface area contributed by atoms with Gasteiger partial charge in [-0.15, -0.1) is 0 Å². The van der Waals surface area contributed by atoms with E-state index in [1.807, 2.05) is 0 Å². The van der Waals surface area contributed by atoms with E-state index in [1.54, 1.807) is 0 Å². The van der Waals surface area contributed by atoms with E-state index >= 15 is 0 Å². The van der Waals surface area contributed by atoms with Crippen molar-refractivity contribution >= 4 is 21.6 Å². The smallest absolute Gasteiger partial charge is 0.0396 e. The molecule has 0 spiro atoms. The van der Waals surface area contributed by atoms with E-state index in [-0.39, 0.29) is 0 Å². The number of hydrogen-bond donors (Lipinski definition) is 1. The summed E-state index contributed by atoms with van der Waals surface area (Å²) in [5, 5.41) is 3.54. The van der Waals surface area contributed by atoms with Crippen LogP contribution in [0.25, 0.3) is 0 Å². The number of rotatable bonds is 5. The van der Waals surface area contributed by atoms with Crippen molar-refractivity contribution in [2.24, 2.45) is 5.92 Å². The van der Waals surface area contributed by atoms with Gasteiger partial charge in [-0.05, 0) is 62.5 Å². The zero-order valence-corrected chi connectivity index (χ0v) is 13.0. The van der Waals surface area contributed by atoms with Crippen LogP contribution in [0.2, 0.25) is 0 Å². The molecule has 1 heterocycles. The minimum absolute atomic E-state index is 0.805. The first-order valence-corrected chi connectivity index (χ1v) is 7.72. The van der Waals surface area contributed by atoms with Gasteiger partial charge < -0.3 is 10.2 Å². The van der Waals surface area contributed by atoms with Gasteiger partial charge in [0.05, 0.1) is 0 Å². The van der Waals surface area contributed by atoms with Gasteiger partial charge in [0, 0.05) is 23.2 Å². The zero-order valence-electron chi connectivity index (χ0n) is 11.4.